The Balaban J connectivity index is 2.79. The predicted molar refractivity (Wildman–Crippen MR) is 52.3 cm³/mol. The number of carboxylic acids is 1. The summed E-state index contributed by atoms with van der Waals surface area (Å²) in [6.07, 6.45) is -2.04. The average molecular weight is 253 g/mol. The number of rotatable bonds is 4. The first kappa shape index (κ1) is 12.8. The van der Waals surface area contributed by atoms with E-state index in [1.165, 1.54) is 0 Å². The van der Waals surface area contributed by atoms with E-state index in [4.69, 9.17) is 16.7 Å². The van der Waals surface area contributed by atoms with Crippen LogP contribution in [0.25, 0.3) is 0 Å². The molecule has 0 heterocycles. The van der Waals surface area contributed by atoms with Crippen LogP contribution in [0.4, 0.5) is 13.2 Å². The molecule has 0 fully saturated rings. The SMILES string of the molecule is O=C(O)CC(F)(F)Cc1ccc(F)c(Cl)c1. The molecule has 0 unspecified atom stereocenters. The van der Waals surface area contributed by atoms with Crippen LogP contribution in [0.5, 0.6) is 0 Å². The largest absolute Gasteiger partial charge is 0.481 e. The Hall–Kier alpha value is -1.23. The first-order chi connectivity index (χ1) is 7.30. The maximum absolute atomic E-state index is 13.1. The van der Waals surface area contributed by atoms with Gasteiger partial charge >= 0.3 is 5.97 Å². The van der Waals surface area contributed by atoms with Crippen molar-refractivity contribution in [1.29, 1.82) is 0 Å². The summed E-state index contributed by atoms with van der Waals surface area (Å²) in [5.41, 5.74) is 0.0950. The van der Waals surface area contributed by atoms with Crippen molar-refractivity contribution >= 4 is 17.6 Å². The topological polar surface area (TPSA) is 37.3 Å². The minimum Gasteiger partial charge on any atom is -0.481 e. The Bertz CT molecular complexity index is 407. The Morgan fingerprint density at radius 3 is 2.56 bits per heavy atom. The summed E-state index contributed by atoms with van der Waals surface area (Å²) in [5.74, 6) is -5.65. The predicted octanol–water partition coefficient (Wildman–Crippen LogP) is 3.13. The highest BCUT2D eigenvalue weighted by Crippen LogP contribution is 2.26. The highest BCUT2D eigenvalue weighted by Gasteiger charge is 2.32. The van der Waals surface area contributed by atoms with E-state index >= 15 is 0 Å². The van der Waals surface area contributed by atoms with E-state index in [0.717, 1.165) is 18.2 Å². The zero-order chi connectivity index (χ0) is 12.3. The van der Waals surface area contributed by atoms with Gasteiger partial charge in [-0.1, -0.05) is 17.7 Å². The second kappa shape index (κ2) is 4.74. The Kier molecular flexibility index (Phi) is 3.80. The van der Waals surface area contributed by atoms with Crippen molar-refractivity contribution in [2.24, 2.45) is 0 Å². The second-order valence-electron chi connectivity index (χ2n) is 3.35. The molecule has 2 nitrogen and oxygen atoms in total. The number of halogens is 4. The van der Waals surface area contributed by atoms with Gasteiger partial charge in [-0.3, -0.25) is 4.79 Å². The zero-order valence-electron chi connectivity index (χ0n) is 8.01. The second-order valence-corrected chi connectivity index (χ2v) is 3.76. The van der Waals surface area contributed by atoms with Gasteiger partial charge in [0, 0.05) is 6.42 Å². The Labute approximate surface area is 94.6 Å². The van der Waals surface area contributed by atoms with Crippen molar-refractivity contribution in [3.63, 3.8) is 0 Å². The lowest BCUT2D eigenvalue weighted by Crippen LogP contribution is -2.23. The van der Waals surface area contributed by atoms with E-state index in [1.807, 2.05) is 0 Å². The molecule has 1 N–H and O–H groups in total. The van der Waals surface area contributed by atoms with E-state index in [9.17, 15) is 18.0 Å². The first-order valence-electron chi connectivity index (χ1n) is 4.34. The monoisotopic (exact) mass is 252 g/mol. The fourth-order valence-corrected chi connectivity index (χ4v) is 1.44. The van der Waals surface area contributed by atoms with Crippen LogP contribution < -0.4 is 0 Å². The molecule has 1 aromatic carbocycles. The van der Waals surface area contributed by atoms with Crippen LogP contribution in [0.15, 0.2) is 18.2 Å². The van der Waals surface area contributed by atoms with E-state index in [2.05, 4.69) is 0 Å². The van der Waals surface area contributed by atoms with E-state index in [-0.39, 0.29) is 10.6 Å². The Morgan fingerprint density at radius 1 is 1.44 bits per heavy atom. The number of alkyl halides is 2. The smallest absolute Gasteiger partial charge is 0.309 e. The van der Waals surface area contributed by atoms with Crippen LogP contribution in [0.1, 0.15) is 12.0 Å². The van der Waals surface area contributed by atoms with Gasteiger partial charge in [-0.05, 0) is 17.7 Å². The lowest BCUT2D eigenvalue weighted by atomic mass is 10.0. The molecular weight excluding hydrogens is 245 g/mol. The fraction of sp³-hybridized carbons (Fsp3) is 0.300. The lowest BCUT2D eigenvalue weighted by molar-refractivity contribution is -0.144. The van der Waals surface area contributed by atoms with Gasteiger partial charge in [0.15, 0.2) is 0 Å². The van der Waals surface area contributed by atoms with Crippen LogP contribution >= 0.6 is 11.6 Å². The van der Waals surface area contributed by atoms with E-state index in [0.29, 0.717) is 0 Å². The number of aliphatic carboxylic acids is 1. The summed E-state index contributed by atoms with van der Waals surface area (Å²) < 4.78 is 38.9. The van der Waals surface area contributed by atoms with Crippen LogP contribution in [-0.2, 0) is 11.2 Å². The van der Waals surface area contributed by atoms with Crippen LogP contribution in [-0.4, -0.2) is 17.0 Å². The summed E-state index contributed by atoms with van der Waals surface area (Å²) in [4.78, 5) is 10.2. The third-order valence-corrected chi connectivity index (χ3v) is 2.15. The van der Waals surface area contributed by atoms with Gasteiger partial charge in [0.05, 0.1) is 5.02 Å². The van der Waals surface area contributed by atoms with Crippen LogP contribution in [0, 0.1) is 5.82 Å². The highest BCUT2D eigenvalue weighted by molar-refractivity contribution is 6.30. The molecular formula is C10H8ClF3O2. The van der Waals surface area contributed by atoms with Gasteiger partial charge in [0.25, 0.3) is 5.92 Å². The van der Waals surface area contributed by atoms with E-state index in [1.54, 1.807) is 0 Å². The molecule has 6 heteroatoms. The molecule has 1 aromatic rings. The van der Waals surface area contributed by atoms with Crippen LogP contribution in [0.3, 0.4) is 0 Å². The van der Waals surface area contributed by atoms with Crippen molar-refractivity contribution in [2.75, 3.05) is 0 Å². The van der Waals surface area contributed by atoms with Gasteiger partial charge < -0.3 is 5.11 Å². The maximum atomic E-state index is 13.1. The van der Waals surface area contributed by atoms with Gasteiger partial charge in [-0.25, -0.2) is 13.2 Å². The number of carbonyl (C=O) groups is 1. The molecule has 0 amide bonds. The molecule has 0 radical (unpaired) electrons. The molecule has 0 aliphatic carbocycles. The van der Waals surface area contributed by atoms with Crippen molar-refractivity contribution in [1.82, 2.24) is 0 Å². The molecule has 0 aromatic heterocycles. The summed E-state index contributed by atoms with van der Waals surface area (Å²) in [5, 5.41) is 8.00. The standard InChI is InChI=1S/C10H8ClF3O2/c11-7-3-6(1-2-8(7)12)4-10(13,14)5-9(15)16/h1-3H,4-5H2,(H,15,16). The summed E-state index contributed by atoms with van der Waals surface area (Å²) in [6, 6.07) is 3.18. The number of hydrogen-bond acceptors (Lipinski definition) is 1. The van der Waals surface area contributed by atoms with Gasteiger partial charge in [-0.2, -0.15) is 0 Å². The van der Waals surface area contributed by atoms with Crippen molar-refractivity contribution in [3.05, 3.63) is 34.6 Å². The first-order valence-corrected chi connectivity index (χ1v) is 4.71. The van der Waals surface area contributed by atoms with Crippen molar-refractivity contribution < 1.29 is 23.1 Å². The van der Waals surface area contributed by atoms with Gasteiger partial charge in [0.2, 0.25) is 0 Å². The molecule has 0 saturated heterocycles. The third-order valence-electron chi connectivity index (χ3n) is 1.86. The van der Waals surface area contributed by atoms with Gasteiger partial charge in [0.1, 0.15) is 12.2 Å². The quantitative estimate of drug-likeness (QED) is 0.894. The highest BCUT2D eigenvalue weighted by atomic mass is 35.5. The van der Waals surface area contributed by atoms with Gasteiger partial charge in [-0.15, -0.1) is 0 Å². The number of hydrogen-bond donors (Lipinski definition) is 1. The van der Waals surface area contributed by atoms with Crippen molar-refractivity contribution in [3.8, 4) is 0 Å². The number of benzene rings is 1. The third kappa shape index (κ3) is 3.73. The molecule has 0 saturated carbocycles. The molecule has 16 heavy (non-hydrogen) atoms. The maximum Gasteiger partial charge on any atom is 0.309 e. The van der Waals surface area contributed by atoms with Crippen LogP contribution in [0.2, 0.25) is 5.02 Å². The van der Waals surface area contributed by atoms with Crippen molar-refractivity contribution in [2.45, 2.75) is 18.8 Å². The molecule has 1 rings (SSSR count). The minimum absolute atomic E-state index is 0.0950. The van der Waals surface area contributed by atoms with E-state index < -0.39 is 30.6 Å². The molecule has 0 bridgehead atoms. The molecule has 0 aliphatic rings. The molecule has 0 aliphatic heterocycles. The fourth-order valence-electron chi connectivity index (χ4n) is 1.23. The molecule has 0 atom stereocenters. The zero-order valence-corrected chi connectivity index (χ0v) is 8.77. The normalized spacial score (nSPS) is 11.5. The molecule has 88 valence electrons. The number of carboxylic acid groups (broad SMARTS) is 1. The summed E-state index contributed by atoms with van der Waals surface area (Å²) in [7, 11) is 0. The average Bonchev–Trinajstić information content (AvgIpc) is 2.08. The Morgan fingerprint density at radius 2 is 2.06 bits per heavy atom. The molecule has 0 spiro atoms. The summed E-state index contributed by atoms with van der Waals surface area (Å²) in [6.45, 7) is 0. The summed E-state index contributed by atoms with van der Waals surface area (Å²) >= 11 is 5.41. The minimum atomic E-state index is -3.37. The lowest BCUT2D eigenvalue weighted by Gasteiger charge is -2.13.